The number of carbonyl (C=O) groups excluding carboxylic acids is 2. The number of esters is 1. The third-order valence-electron chi connectivity index (χ3n) is 2.47. The van der Waals surface area contributed by atoms with Gasteiger partial charge in [0.1, 0.15) is 0 Å². The summed E-state index contributed by atoms with van der Waals surface area (Å²) in [4.78, 5) is 28.7. The molecule has 0 N–H and O–H groups in total. The summed E-state index contributed by atoms with van der Waals surface area (Å²) in [6.45, 7) is 2.87. The predicted molar refractivity (Wildman–Crippen MR) is 64.0 cm³/mol. The van der Waals surface area contributed by atoms with E-state index in [-0.39, 0.29) is 18.3 Å². The second kappa shape index (κ2) is 5.27. The molecule has 17 heavy (non-hydrogen) atoms. The number of anilines is 1. The van der Waals surface area contributed by atoms with Crippen molar-refractivity contribution in [1.82, 2.24) is 4.98 Å². The van der Waals surface area contributed by atoms with E-state index in [1.807, 2.05) is 0 Å². The number of thiazole rings is 1. The molecule has 0 radical (unpaired) electrons. The Morgan fingerprint density at radius 3 is 3.12 bits per heavy atom. The Labute approximate surface area is 103 Å². The van der Waals surface area contributed by atoms with E-state index in [1.165, 1.54) is 11.3 Å². The molecule has 0 atom stereocenters. The molecule has 2 rings (SSSR count). The first-order valence-electron chi connectivity index (χ1n) is 5.61. The number of amides is 1. The molecule has 1 aliphatic rings. The molecule has 1 aromatic rings. The molecule has 1 aromatic heterocycles. The molecule has 2 heterocycles. The number of hydrogen-bond acceptors (Lipinski definition) is 5. The van der Waals surface area contributed by atoms with Crippen LogP contribution in [0, 0.1) is 0 Å². The minimum absolute atomic E-state index is 0.113. The lowest BCUT2D eigenvalue weighted by Crippen LogP contribution is -2.23. The van der Waals surface area contributed by atoms with Crippen LogP contribution in [0.3, 0.4) is 0 Å². The van der Waals surface area contributed by atoms with Crippen LogP contribution in [0.5, 0.6) is 0 Å². The maximum absolute atomic E-state index is 11.5. The van der Waals surface area contributed by atoms with Gasteiger partial charge in [-0.3, -0.25) is 14.5 Å². The number of ether oxygens (including phenoxy) is 1. The molecule has 1 saturated heterocycles. The lowest BCUT2D eigenvalue weighted by Gasteiger charge is -2.10. The van der Waals surface area contributed by atoms with Crippen molar-refractivity contribution in [2.45, 2.75) is 26.2 Å². The molecule has 0 unspecified atom stereocenters. The quantitative estimate of drug-likeness (QED) is 0.761. The van der Waals surface area contributed by atoms with Crippen LogP contribution in [0.15, 0.2) is 5.38 Å². The fraction of sp³-hybridized carbons (Fsp3) is 0.545. The van der Waals surface area contributed by atoms with Crippen molar-refractivity contribution in [3.05, 3.63) is 11.1 Å². The van der Waals surface area contributed by atoms with E-state index in [1.54, 1.807) is 17.2 Å². The molecule has 0 saturated carbocycles. The van der Waals surface area contributed by atoms with Crippen LogP contribution in [0.2, 0.25) is 0 Å². The Morgan fingerprint density at radius 2 is 2.47 bits per heavy atom. The topological polar surface area (TPSA) is 59.5 Å². The van der Waals surface area contributed by atoms with Crippen LogP contribution >= 0.6 is 11.3 Å². The van der Waals surface area contributed by atoms with Crippen LogP contribution in [0.4, 0.5) is 5.13 Å². The minimum atomic E-state index is -0.280. The van der Waals surface area contributed by atoms with Crippen LogP contribution in [-0.4, -0.2) is 30.0 Å². The van der Waals surface area contributed by atoms with E-state index in [4.69, 9.17) is 4.74 Å². The highest BCUT2D eigenvalue weighted by Crippen LogP contribution is 2.25. The van der Waals surface area contributed by atoms with Crippen molar-refractivity contribution in [3.8, 4) is 0 Å². The van der Waals surface area contributed by atoms with E-state index in [9.17, 15) is 9.59 Å². The van der Waals surface area contributed by atoms with Gasteiger partial charge in [0.05, 0.1) is 18.7 Å². The first-order valence-corrected chi connectivity index (χ1v) is 6.49. The first kappa shape index (κ1) is 12.0. The molecular formula is C11H14N2O3S. The average Bonchev–Trinajstić information content (AvgIpc) is 2.87. The van der Waals surface area contributed by atoms with Crippen LogP contribution in [-0.2, 0) is 20.7 Å². The van der Waals surface area contributed by atoms with E-state index >= 15 is 0 Å². The Bertz CT molecular complexity index is 430. The fourth-order valence-electron chi connectivity index (χ4n) is 1.71. The van der Waals surface area contributed by atoms with Crippen molar-refractivity contribution in [3.63, 3.8) is 0 Å². The molecule has 0 bridgehead atoms. The third kappa shape index (κ3) is 2.82. The van der Waals surface area contributed by atoms with Gasteiger partial charge in [-0.2, -0.15) is 0 Å². The smallest absolute Gasteiger partial charge is 0.311 e. The van der Waals surface area contributed by atoms with Gasteiger partial charge in [0.25, 0.3) is 0 Å². The molecule has 0 aliphatic carbocycles. The Morgan fingerprint density at radius 1 is 1.65 bits per heavy atom. The number of carbonyl (C=O) groups is 2. The zero-order valence-electron chi connectivity index (χ0n) is 9.64. The van der Waals surface area contributed by atoms with Crippen LogP contribution < -0.4 is 4.90 Å². The first-order chi connectivity index (χ1) is 8.20. The maximum atomic E-state index is 11.5. The third-order valence-corrected chi connectivity index (χ3v) is 3.39. The van der Waals surface area contributed by atoms with Gasteiger partial charge in [-0.05, 0) is 13.3 Å². The van der Waals surface area contributed by atoms with Crippen molar-refractivity contribution < 1.29 is 14.3 Å². The molecule has 5 nitrogen and oxygen atoms in total. The normalized spacial score (nSPS) is 15.4. The van der Waals surface area contributed by atoms with Gasteiger partial charge < -0.3 is 4.74 Å². The number of nitrogens with zero attached hydrogens (tertiary/aromatic N) is 2. The molecule has 1 fully saturated rings. The van der Waals surface area contributed by atoms with Crippen molar-refractivity contribution in [2.24, 2.45) is 0 Å². The Kier molecular flexibility index (Phi) is 3.73. The second-order valence-electron chi connectivity index (χ2n) is 3.75. The molecule has 0 aromatic carbocycles. The lowest BCUT2D eigenvalue weighted by molar-refractivity contribution is -0.142. The number of hydrogen-bond donors (Lipinski definition) is 0. The lowest BCUT2D eigenvalue weighted by atomic mass is 10.3. The fourth-order valence-corrected chi connectivity index (χ4v) is 2.58. The van der Waals surface area contributed by atoms with Crippen LogP contribution in [0.1, 0.15) is 25.5 Å². The highest BCUT2D eigenvalue weighted by atomic mass is 32.1. The van der Waals surface area contributed by atoms with Gasteiger partial charge in [-0.25, -0.2) is 4.98 Å². The summed E-state index contributed by atoms with van der Waals surface area (Å²) >= 11 is 1.40. The largest absolute Gasteiger partial charge is 0.466 e. The summed E-state index contributed by atoms with van der Waals surface area (Å²) in [7, 11) is 0. The minimum Gasteiger partial charge on any atom is -0.466 e. The molecule has 1 amide bonds. The Hall–Kier alpha value is -1.43. The summed E-state index contributed by atoms with van der Waals surface area (Å²) < 4.78 is 4.85. The SMILES string of the molecule is CCOC(=O)Cc1csc(N2CCCC2=O)n1. The summed E-state index contributed by atoms with van der Waals surface area (Å²) in [5.41, 5.74) is 0.670. The number of rotatable bonds is 4. The summed E-state index contributed by atoms with van der Waals surface area (Å²) in [6, 6.07) is 0. The van der Waals surface area contributed by atoms with Crippen molar-refractivity contribution in [2.75, 3.05) is 18.1 Å². The zero-order chi connectivity index (χ0) is 12.3. The average molecular weight is 254 g/mol. The standard InChI is InChI=1S/C11H14N2O3S/c1-2-16-10(15)6-8-7-17-11(12-8)13-5-3-4-9(13)14/h7H,2-6H2,1H3. The van der Waals surface area contributed by atoms with E-state index < -0.39 is 0 Å². The Balaban J connectivity index is 2.00. The summed E-state index contributed by atoms with van der Waals surface area (Å²) in [5, 5.41) is 2.49. The number of aromatic nitrogens is 1. The van der Waals surface area contributed by atoms with Gasteiger partial charge in [-0.15, -0.1) is 11.3 Å². The second-order valence-corrected chi connectivity index (χ2v) is 4.59. The van der Waals surface area contributed by atoms with Gasteiger partial charge in [0.2, 0.25) is 5.91 Å². The maximum Gasteiger partial charge on any atom is 0.311 e. The highest BCUT2D eigenvalue weighted by molar-refractivity contribution is 7.14. The van der Waals surface area contributed by atoms with Gasteiger partial charge in [0, 0.05) is 18.3 Å². The molecule has 92 valence electrons. The summed E-state index contributed by atoms with van der Waals surface area (Å²) in [5.74, 6) is -0.167. The van der Waals surface area contributed by atoms with Gasteiger partial charge in [0.15, 0.2) is 5.13 Å². The molecule has 1 aliphatic heterocycles. The molecular weight excluding hydrogens is 240 g/mol. The van der Waals surface area contributed by atoms with Gasteiger partial charge >= 0.3 is 5.97 Å². The molecule has 6 heteroatoms. The van der Waals surface area contributed by atoms with Crippen LogP contribution in [0.25, 0.3) is 0 Å². The van der Waals surface area contributed by atoms with E-state index in [0.29, 0.717) is 23.9 Å². The monoisotopic (exact) mass is 254 g/mol. The van der Waals surface area contributed by atoms with E-state index in [0.717, 1.165) is 13.0 Å². The van der Waals surface area contributed by atoms with Crippen molar-refractivity contribution >= 4 is 28.3 Å². The highest BCUT2D eigenvalue weighted by Gasteiger charge is 2.24. The summed E-state index contributed by atoms with van der Waals surface area (Å²) in [6.07, 6.45) is 1.64. The van der Waals surface area contributed by atoms with E-state index in [2.05, 4.69) is 4.98 Å². The zero-order valence-corrected chi connectivity index (χ0v) is 10.5. The van der Waals surface area contributed by atoms with Crippen molar-refractivity contribution in [1.29, 1.82) is 0 Å². The predicted octanol–water partition coefficient (Wildman–Crippen LogP) is 1.38. The molecule has 0 spiro atoms. The van der Waals surface area contributed by atoms with Gasteiger partial charge in [-0.1, -0.05) is 0 Å².